The molecule has 66 valence electrons. The van der Waals surface area contributed by atoms with E-state index in [1.54, 1.807) is 6.21 Å². The molecule has 0 radical (unpaired) electrons. The van der Waals surface area contributed by atoms with Crippen LogP contribution >= 0.6 is 0 Å². The minimum absolute atomic E-state index is 0.0541. The van der Waals surface area contributed by atoms with Gasteiger partial charge in [0.15, 0.2) is 0 Å². The number of nitrogens with zero attached hydrogens (tertiary/aromatic N) is 1. The number of aliphatic imine (C=N–C) groups is 1. The molecule has 12 heavy (non-hydrogen) atoms. The topological polar surface area (TPSA) is 41.5 Å². The van der Waals surface area contributed by atoms with E-state index in [0.717, 1.165) is 13.0 Å². The number of amides is 1. The molecular formula is C9H14N2O. The maximum atomic E-state index is 11.3. The summed E-state index contributed by atoms with van der Waals surface area (Å²) in [5, 5.41) is 2.84. The summed E-state index contributed by atoms with van der Waals surface area (Å²) in [4.78, 5) is 15.3. The Balaban J connectivity index is 2.32. The normalized spacial score (nSPS) is 20.9. The molecule has 0 bridgehead atoms. The summed E-state index contributed by atoms with van der Waals surface area (Å²) in [5.41, 5.74) is 0. The fraction of sp³-hybridized carbons (Fsp3) is 0.556. The third-order valence-corrected chi connectivity index (χ3v) is 1.72. The van der Waals surface area contributed by atoms with E-state index in [1.165, 1.54) is 0 Å². The van der Waals surface area contributed by atoms with Crippen LogP contribution in [0.5, 0.6) is 0 Å². The summed E-state index contributed by atoms with van der Waals surface area (Å²) >= 11 is 0. The number of carbonyl (C=O) groups is 1. The van der Waals surface area contributed by atoms with E-state index in [-0.39, 0.29) is 11.8 Å². The van der Waals surface area contributed by atoms with Crippen molar-refractivity contribution < 1.29 is 4.79 Å². The summed E-state index contributed by atoms with van der Waals surface area (Å²) in [5.74, 6) is 0.0338. The van der Waals surface area contributed by atoms with E-state index < -0.39 is 0 Å². The molecule has 0 aromatic carbocycles. The van der Waals surface area contributed by atoms with Gasteiger partial charge in [0.05, 0.1) is 12.5 Å². The first-order valence-electron chi connectivity index (χ1n) is 4.29. The lowest BCUT2D eigenvalue weighted by Crippen LogP contribution is -2.32. The molecule has 1 aliphatic rings. The van der Waals surface area contributed by atoms with Gasteiger partial charge in [-0.3, -0.25) is 9.79 Å². The minimum atomic E-state index is -0.0541. The van der Waals surface area contributed by atoms with E-state index in [1.807, 2.05) is 19.1 Å². The number of allylic oxidation sites excluding steroid dienone is 1. The highest BCUT2D eigenvalue weighted by Crippen LogP contribution is 2.03. The van der Waals surface area contributed by atoms with Gasteiger partial charge in [-0.05, 0) is 12.5 Å². The fourth-order valence-electron chi connectivity index (χ4n) is 1.03. The molecule has 1 aliphatic heterocycles. The Kier molecular flexibility index (Phi) is 3.51. The molecular weight excluding hydrogens is 152 g/mol. The van der Waals surface area contributed by atoms with Crippen molar-refractivity contribution in [2.24, 2.45) is 10.9 Å². The van der Waals surface area contributed by atoms with Crippen molar-refractivity contribution in [2.75, 3.05) is 13.1 Å². The van der Waals surface area contributed by atoms with Gasteiger partial charge in [-0.15, -0.1) is 0 Å². The molecule has 3 heteroatoms. The lowest BCUT2D eigenvalue weighted by atomic mass is 10.1. The summed E-state index contributed by atoms with van der Waals surface area (Å²) in [6.07, 6.45) is 6.41. The van der Waals surface area contributed by atoms with Gasteiger partial charge in [0, 0.05) is 12.8 Å². The van der Waals surface area contributed by atoms with E-state index in [0.29, 0.717) is 6.54 Å². The average Bonchev–Trinajstić information content (AvgIpc) is 2.15. The van der Waals surface area contributed by atoms with Gasteiger partial charge in [0.2, 0.25) is 5.91 Å². The standard InChI is InChI=1S/C9H14N2O/c1-2-5-11-9(12)8-4-3-6-10-7-8/h3-4,6,8H,2,5,7H2,1H3,(H,11,12). The molecule has 1 N–H and O–H groups in total. The molecule has 0 saturated heterocycles. The van der Waals surface area contributed by atoms with Crippen molar-refractivity contribution in [3.05, 3.63) is 12.2 Å². The zero-order valence-corrected chi connectivity index (χ0v) is 7.29. The van der Waals surface area contributed by atoms with Crippen LogP contribution < -0.4 is 5.32 Å². The monoisotopic (exact) mass is 166 g/mol. The molecule has 1 unspecified atom stereocenters. The summed E-state index contributed by atoms with van der Waals surface area (Å²) in [7, 11) is 0. The van der Waals surface area contributed by atoms with E-state index in [9.17, 15) is 4.79 Å². The van der Waals surface area contributed by atoms with Crippen molar-refractivity contribution >= 4 is 12.1 Å². The van der Waals surface area contributed by atoms with Crippen LogP contribution in [0.3, 0.4) is 0 Å². The molecule has 0 aromatic heterocycles. The van der Waals surface area contributed by atoms with Crippen LogP contribution in [0.25, 0.3) is 0 Å². The Morgan fingerprint density at radius 3 is 3.17 bits per heavy atom. The van der Waals surface area contributed by atoms with Crippen LogP contribution in [-0.2, 0) is 4.79 Å². The van der Waals surface area contributed by atoms with Gasteiger partial charge in [0.1, 0.15) is 0 Å². The third-order valence-electron chi connectivity index (χ3n) is 1.72. The maximum Gasteiger partial charge on any atom is 0.228 e. The van der Waals surface area contributed by atoms with Crippen molar-refractivity contribution in [2.45, 2.75) is 13.3 Å². The van der Waals surface area contributed by atoms with Crippen LogP contribution in [0.15, 0.2) is 17.1 Å². The lowest BCUT2D eigenvalue weighted by molar-refractivity contribution is -0.123. The largest absolute Gasteiger partial charge is 0.356 e. The van der Waals surface area contributed by atoms with Crippen LogP contribution in [0.2, 0.25) is 0 Å². The van der Waals surface area contributed by atoms with Gasteiger partial charge in [-0.25, -0.2) is 0 Å². The smallest absolute Gasteiger partial charge is 0.228 e. The second kappa shape index (κ2) is 4.70. The van der Waals surface area contributed by atoms with Gasteiger partial charge in [0.25, 0.3) is 0 Å². The molecule has 1 rings (SSSR count). The Morgan fingerprint density at radius 2 is 2.58 bits per heavy atom. The Hall–Kier alpha value is -1.12. The molecule has 1 heterocycles. The molecule has 0 fully saturated rings. The molecule has 1 atom stereocenters. The highest BCUT2D eigenvalue weighted by Gasteiger charge is 2.14. The van der Waals surface area contributed by atoms with Gasteiger partial charge >= 0.3 is 0 Å². The number of rotatable bonds is 3. The van der Waals surface area contributed by atoms with Crippen molar-refractivity contribution in [1.82, 2.24) is 5.32 Å². The van der Waals surface area contributed by atoms with Crippen molar-refractivity contribution in [3.63, 3.8) is 0 Å². The third kappa shape index (κ3) is 2.49. The number of dihydropyridines is 1. The summed E-state index contributed by atoms with van der Waals surface area (Å²) < 4.78 is 0. The minimum Gasteiger partial charge on any atom is -0.356 e. The summed E-state index contributed by atoms with van der Waals surface area (Å²) in [6.45, 7) is 3.38. The predicted molar refractivity (Wildman–Crippen MR) is 49.3 cm³/mol. The number of hydrogen-bond acceptors (Lipinski definition) is 2. The Bertz CT molecular complexity index is 209. The van der Waals surface area contributed by atoms with E-state index in [2.05, 4.69) is 10.3 Å². The van der Waals surface area contributed by atoms with Gasteiger partial charge < -0.3 is 5.32 Å². The lowest BCUT2D eigenvalue weighted by Gasteiger charge is -2.11. The molecule has 0 aliphatic carbocycles. The maximum absolute atomic E-state index is 11.3. The van der Waals surface area contributed by atoms with Crippen LogP contribution in [0, 0.1) is 5.92 Å². The first-order chi connectivity index (χ1) is 5.84. The second-order valence-electron chi connectivity index (χ2n) is 2.80. The highest BCUT2D eigenvalue weighted by molar-refractivity contribution is 5.83. The SMILES string of the molecule is CCCNC(=O)C1C=CC=NC1. The first-order valence-corrected chi connectivity index (χ1v) is 4.29. The molecule has 3 nitrogen and oxygen atoms in total. The number of nitrogens with one attached hydrogen (secondary N) is 1. The highest BCUT2D eigenvalue weighted by atomic mass is 16.1. The number of hydrogen-bond donors (Lipinski definition) is 1. The molecule has 1 amide bonds. The molecule has 0 aromatic rings. The van der Waals surface area contributed by atoms with Crippen LogP contribution in [-0.4, -0.2) is 25.2 Å². The van der Waals surface area contributed by atoms with Crippen LogP contribution in [0.1, 0.15) is 13.3 Å². The number of carbonyl (C=O) groups excluding carboxylic acids is 1. The second-order valence-corrected chi connectivity index (χ2v) is 2.80. The van der Waals surface area contributed by atoms with E-state index in [4.69, 9.17) is 0 Å². The Labute approximate surface area is 72.6 Å². The van der Waals surface area contributed by atoms with Crippen LogP contribution in [0.4, 0.5) is 0 Å². The zero-order chi connectivity index (χ0) is 8.81. The van der Waals surface area contributed by atoms with Gasteiger partial charge in [-0.1, -0.05) is 13.0 Å². The average molecular weight is 166 g/mol. The van der Waals surface area contributed by atoms with Crippen molar-refractivity contribution in [1.29, 1.82) is 0 Å². The summed E-state index contributed by atoms with van der Waals surface area (Å²) in [6, 6.07) is 0. The fourth-order valence-corrected chi connectivity index (χ4v) is 1.03. The van der Waals surface area contributed by atoms with Crippen molar-refractivity contribution in [3.8, 4) is 0 Å². The quantitative estimate of drug-likeness (QED) is 0.661. The molecule has 0 saturated carbocycles. The van der Waals surface area contributed by atoms with Gasteiger partial charge in [-0.2, -0.15) is 0 Å². The van der Waals surface area contributed by atoms with E-state index >= 15 is 0 Å². The molecule has 0 spiro atoms. The first kappa shape index (κ1) is 8.97. The predicted octanol–water partition coefficient (Wildman–Crippen LogP) is 0.769. The zero-order valence-electron chi connectivity index (χ0n) is 7.29. The Morgan fingerprint density at radius 1 is 1.75 bits per heavy atom.